The first-order valence-corrected chi connectivity index (χ1v) is 7.05. The van der Waals surface area contributed by atoms with Crippen molar-refractivity contribution in [1.82, 2.24) is 0 Å². The lowest BCUT2D eigenvalue weighted by atomic mass is 9.82. The second-order valence-corrected chi connectivity index (χ2v) is 5.01. The summed E-state index contributed by atoms with van der Waals surface area (Å²) in [7, 11) is 0. The lowest BCUT2D eigenvalue weighted by molar-refractivity contribution is -0.137. The fourth-order valence-corrected chi connectivity index (χ4v) is 2.81. The molecule has 4 nitrogen and oxygen atoms in total. The van der Waals surface area contributed by atoms with Crippen molar-refractivity contribution < 1.29 is 19.0 Å². The summed E-state index contributed by atoms with van der Waals surface area (Å²) in [5.41, 5.74) is 2.53. The molecule has 0 N–H and O–H groups in total. The van der Waals surface area contributed by atoms with Crippen LogP contribution in [0.15, 0.2) is 24.3 Å². The van der Waals surface area contributed by atoms with E-state index in [9.17, 15) is 4.79 Å². The molecular formula is C16H18O4. The molecule has 0 saturated carbocycles. The number of allylic oxidation sites excluding steroid dienone is 1. The molecule has 1 atom stereocenters. The molecule has 0 saturated heterocycles. The number of hydrogen-bond donors (Lipinski definition) is 0. The Balaban J connectivity index is 1.84. The number of ether oxygens (including phenoxy) is 3. The summed E-state index contributed by atoms with van der Waals surface area (Å²) in [5.74, 6) is 1.61. The number of carbonyl (C=O) groups is 1. The van der Waals surface area contributed by atoms with E-state index in [1.807, 2.05) is 13.0 Å². The maximum atomic E-state index is 11.4. The molecule has 0 spiro atoms. The lowest BCUT2D eigenvalue weighted by Gasteiger charge is -2.23. The average Bonchev–Trinajstić information content (AvgIpc) is 2.90. The van der Waals surface area contributed by atoms with Gasteiger partial charge in [-0.15, -0.1) is 0 Å². The van der Waals surface area contributed by atoms with Crippen LogP contribution in [0.3, 0.4) is 0 Å². The van der Waals surface area contributed by atoms with Gasteiger partial charge in [0.15, 0.2) is 11.5 Å². The zero-order chi connectivity index (χ0) is 13.9. The first kappa shape index (κ1) is 13.0. The van der Waals surface area contributed by atoms with Crippen molar-refractivity contribution in [2.24, 2.45) is 0 Å². The zero-order valence-electron chi connectivity index (χ0n) is 11.6. The van der Waals surface area contributed by atoms with E-state index in [1.54, 1.807) is 0 Å². The van der Waals surface area contributed by atoms with Gasteiger partial charge in [0.05, 0.1) is 6.61 Å². The van der Waals surface area contributed by atoms with Gasteiger partial charge in [-0.3, -0.25) is 0 Å². The summed E-state index contributed by atoms with van der Waals surface area (Å²) >= 11 is 0. The van der Waals surface area contributed by atoms with E-state index >= 15 is 0 Å². The third-order valence-corrected chi connectivity index (χ3v) is 3.75. The molecule has 1 aliphatic heterocycles. The highest BCUT2D eigenvalue weighted by molar-refractivity contribution is 5.82. The van der Waals surface area contributed by atoms with E-state index < -0.39 is 0 Å². The fraction of sp³-hybridized carbons (Fsp3) is 0.438. The van der Waals surface area contributed by atoms with Crippen molar-refractivity contribution in [3.05, 3.63) is 35.4 Å². The molecule has 0 radical (unpaired) electrons. The normalized spacial score (nSPS) is 19.9. The van der Waals surface area contributed by atoms with Crippen LogP contribution in [-0.4, -0.2) is 19.4 Å². The van der Waals surface area contributed by atoms with E-state index in [2.05, 4.69) is 12.1 Å². The Morgan fingerprint density at radius 1 is 1.40 bits per heavy atom. The average molecular weight is 274 g/mol. The van der Waals surface area contributed by atoms with Crippen molar-refractivity contribution >= 4 is 5.97 Å². The van der Waals surface area contributed by atoms with Crippen LogP contribution >= 0.6 is 0 Å². The van der Waals surface area contributed by atoms with Gasteiger partial charge < -0.3 is 14.2 Å². The van der Waals surface area contributed by atoms with Crippen LogP contribution in [0.2, 0.25) is 0 Å². The molecule has 1 aromatic rings. The zero-order valence-corrected chi connectivity index (χ0v) is 11.6. The maximum absolute atomic E-state index is 11.4. The molecule has 1 aliphatic carbocycles. The van der Waals surface area contributed by atoms with Gasteiger partial charge in [-0.25, -0.2) is 4.79 Å². The summed E-state index contributed by atoms with van der Waals surface area (Å²) in [4.78, 5) is 11.4. The van der Waals surface area contributed by atoms with Gasteiger partial charge in [-0.2, -0.15) is 0 Å². The SMILES string of the molecule is CCOC(=O)/C=C/C1CCCc2cc3c(cc21)OCO3. The van der Waals surface area contributed by atoms with Gasteiger partial charge in [0.1, 0.15) is 0 Å². The Bertz CT molecular complexity index is 548. The maximum Gasteiger partial charge on any atom is 0.330 e. The van der Waals surface area contributed by atoms with Gasteiger partial charge >= 0.3 is 5.97 Å². The van der Waals surface area contributed by atoms with Gasteiger partial charge in [0, 0.05) is 12.0 Å². The number of rotatable bonds is 3. The van der Waals surface area contributed by atoms with Crippen LogP contribution in [0, 0.1) is 0 Å². The van der Waals surface area contributed by atoms with Gasteiger partial charge in [0.2, 0.25) is 6.79 Å². The third-order valence-electron chi connectivity index (χ3n) is 3.75. The first-order valence-electron chi connectivity index (χ1n) is 7.05. The Kier molecular flexibility index (Phi) is 3.63. The van der Waals surface area contributed by atoms with Crippen molar-refractivity contribution in [2.75, 3.05) is 13.4 Å². The fourth-order valence-electron chi connectivity index (χ4n) is 2.81. The van der Waals surface area contributed by atoms with Crippen LogP contribution in [0.1, 0.15) is 36.8 Å². The molecule has 0 fully saturated rings. The Hall–Kier alpha value is -1.97. The van der Waals surface area contributed by atoms with Crippen molar-refractivity contribution in [3.63, 3.8) is 0 Å². The predicted octanol–water partition coefficient (Wildman–Crippen LogP) is 2.95. The number of hydrogen-bond acceptors (Lipinski definition) is 4. The summed E-state index contributed by atoms with van der Waals surface area (Å²) in [5, 5.41) is 0. The number of esters is 1. The Morgan fingerprint density at radius 3 is 3.00 bits per heavy atom. The molecule has 0 amide bonds. The van der Waals surface area contributed by atoms with E-state index in [0.29, 0.717) is 13.4 Å². The predicted molar refractivity (Wildman–Crippen MR) is 74.0 cm³/mol. The van der Waals surface area contributed by atoms with E-state index in [4.69, 9.17) is 14.2 Å². The number of carbonyl (C=O) groups excluding carboxylic acids is 1. The Labute approximate surface area is 118 Å². The van der Waals surface area contributed by atoms with Crippen molar-refractivity contribution in [3.8, 4) is 11.5 Å². The minimum absolute atomic E-state index is 0.248. The molecule has 1 unspecified atom stereocenters. The quantitative estimate of drug-likeness (QED) is 0.628. The molecule has 106 valence electrons. The molecule has 1 aromatic carbocycles. The summed E-state index contributed by atoms with van der Waals surface area (Å²) in [6.07, 6.45) is 6.69. The second-order valence-electron chi connectivity index (χ2n) is 5.01. The highest BCUT2D eigenvalue weighted by Crippen LogP contribution is 2.41. The monoisotopic (exact) mass is 274 g/mol. The molecule has 3 rings (SSSR count). The topological polar surface area (TPSA) is 44.8 Å². The third kappa shape index (κ3) is 2.50. The molecule has 0 aromatic heterocycles. The minimum atomic E-state index is -0.277. The van der Waals surface area contributed by atoms with Crippen LogP contribution in [0.4, 0.5) is 0 Å². The first-order chi connectivity index (χ1) is 9.78. The van der Waals surface area contributed by atoms with E-state index in [0.717, 1.165) is 30.8 Å². The van der Waals surface area contributed by atoms with Crippen LogP contribution in [0.25, 0.3) is 0 Å². The molecule has 4 heteroatoms. The summed E-state index contributed by atoms with van der Waals surface area (Å²) < 4.78 is 15.8. The van der Waals surface area contributed by atoms with E-state index in [-0.39, 0.29) is 11.9 Å². The summed E-state index contributed by atoms with van der Waals surface area (Å²) in [6.45, 7) is 2.51. The highest BCUT2D eigenvalue weighted by Gasteiger charge is 2.23. The van der Waals surface area contributed by atoms with Crippen LogP contribution in [-0.2, 0) is 16.0 Å². The smallest absolute Gasteiger partial charge is 0.330 e. The van der Waals surface area contributed by atoms with Crippen molar-refractivity contribution in [2.45, 2.75) is 32.1 Å². The van der Waals surface area contributed by atoms with Crippen LogP contribution in [0.5, 0.6) is 11.5 Å². The van der Waals surface area contributed by atoms with Gasteiger partial charge in [0.25, 0.3) is 0 Å². The number of aryl methyl sites for hydroxylation is 1. The van der Waals surface area contributed by atoms with Crippen molar-refractivity contribution in [1.29, 1.82) is 0 Å². The summed E-state index contributed by atoms with van der Waals surface area (Å²) in [6, 6.07) is 4.12. The standard InChI is InChI=1S/C16H18O4/c1-2-18-16(17)7-6-11-4-3-5-12-8-14-15(9-13(11)12)20-10-19-14/h6-9,11H,2-5,10H2,1H3/b7-6+. The van der Waals surface area contributed by atoms with E-state index in [1.165, 1.54) is 17.2 Å². The van der Waals surface area contributed by atoms with Crippen LogP contribution < -0.4 is 9.47 Å². The highest BCUT2D eigenvalue weighted by atomic mass is 16.7. The number of fused-ring (bicyclic) bond motifs is 2. The number of benzene rings is 1. The lowest BCUT2D eigenvalue weighted by Crippen LogP contribution is -2.09. The minimum Gasteiger partial charge on any atom is -0.463 e. The molecular weight excluding hydrogens is 256 g/mol. The van der Waals surface area contributed by atoms with Gasteiger partial charge in [-0.05, 0) is 49.4 Å². The molecule has 2 aliphatic rings. The van der Waals surface area contributed by atoms with Gasteiger partial charge in [-0.1, -0.05) is 6.08 Å². The Morgan fingerprint density at radius 2 is 2.20 bits per heavy atom. The largest absolute Gasteiger partial charge is 0.463 e. The molecule has 1 heterocycles. The molecule has 20 heavy (non-hydrogen) atoms. The molecule has 0 bridgehead atoms. The second kappa shape index (κ2) is 5.57.